The van der Waals surface area contributed by atoms with E-state index in [0.717, 1.165) is 82.6 Å². The number of piperidine rings is 2. The number of hydrogen-bond donors (Lipinski definition) is 1. The van der Waals surface area contributed by atoms with Gasteiger partial charge in [-0.1, -0.05) is 84.9 Å². The van der Waals surface area contributed by atoms with E-state index < -0.39 is 0 Å². The van der Waals surface area contributed by atoms with Gasteiger partial charge in [-0.2, -0.15) is 0 Å². The number of aromatic amines is 1. The molecule has 3 aliphatic heterocycles. The van der Waals surface area contributed by atoms with Crippen LogP contribution in [0.5, 0.6) is 0 Å². The summed E-state index contributed by atoms with van der Waals surface area (Å²) in [6, 6.07) is 41.1. The van der Waals surface area contributed by atoms with Crippen LogP contribution in [0.4, 0.5) is 17.2 Å². The number of H-pyrrole nitrogens is 1. The molecule has 5 aromatic rings. The van der Waals surface area contributed by atoms with Gasteiger partial charge in [-0.15, -0.1) is 0 Å². The first-order valence-corrected chi connectivity index (χ1v) is 17.2. The molecule has 1 N–H and O–H groups in total. The van der Waals surface area contributed by atoms with Gasteiger partial charge in [0.1, 0.15) is 5.82 Å². The van der Waals surface area contributed by atoms with Crippen LogP contribution in [0.1, 0.15) is 49.7 Å². The van der Waals surface area contributed by atoms with Crippen molar-refractivity contribution in [1.82, 2.24) is 4.98 Å². The summed E-state index contributed by atoms with van der Waals surface area (Å²) in [4.78, 5) is 19.1. The van der Waals surface area contributed by atoms with Crippen molar-refractivity contribution in [2.45, 2.75) is 38.5 Å². The van der Waals surface area contributed by atoms with E-state index >= 15 is 0 Å². The van der Waals surface area contributed by atoms with Gasteiger partial charge in [-0.3, -0.25) is 0 Å². The number of nitrogens with one attached hydrogen (secondary N) is 1. The average Bonchev–Trinajstić information content (AvgIpc) is 3.78. The van der Waals surface area contributed by atoms with E-state index in [1.165, 1.54) is 49.9 Å². The predicted molar refractivity (Wildman–Crippen MR) is 198 cm³/mol. The predicted octanol–water partition coefficient (Wildman–Crippen LogP) is 9.95. The van der Waals surface area contributed by atoms with Crippen molar-refractivity contribution >= 4 is 34.3 Å². The third-order valence-corrected chi connectivity index (χ3v) is 9.72. The maximum Gasteiger partial charge on any atom is 0.162 e. The Hall–Kier alpha value is -5.16. The zero-order valence-corrected chi connectivity index (χ0v) is 26.9. The molecule has 0 unspecified atom stereocenters. The normalized spacial score (nSPS) is 17.6. The summed E-state index contributed by atoms with van der Waals surface area (Å²) < 4.78 is 0. The molecule has 0 aliphatic carbocycles. The molecule has 234 valence electrons. The number of allylic oxidation sites excluding steroid dienone is 1. The minimum absolute atomic E-state index is 0.720. The third kappa shape index (κ3) is 6.31. The molecule has 8 rings (SSSR count). The Morgan fingerprint density at radius 1 is 0.532 bits per heavy atom. The molecule has 4 aromatic carbocycles. The molecule has 4 heterocycles. The fourth-order valence-corrected chi connectivity index (χ4v) is 7.10. The molecule has 0 saturated carbocycles. The minimum atomic E-state index is 0.720. The lowest BCUT2D eigenvalue weighted by Gasteiger charge is -2.28. The van der Waals surface area contributed by atoms with Gasteiger partial charge in [0.05, 0.1) is 5.71 Å². The molecule has 2 fully saturated rings. The van der Waals surface area contributed by atoms with Crippen molar-refractivity contribution in [2.75, 3.05) is 36.0 Å². The Labute approximate surface area is 278 Å². The zero-order valence-electron chi connectivity index (χ0n) is 26.9. The van der Waals surface area contributed by atoms with E-state index in [2.05, 4.69) is 136 Å². The van der Waals surface area contributed by atoms with Gasteiger partial charge in [0.25, 0.3) is 0 Å². The standard InChI is InChI=1S/C42H41N5/c1-5-13-31(14-6-1)37-29-39(33-17-21-35(22-18-33)46-25-9-3-10-26-46)43-41(37)45-42-38(32-15-7-2-8-16-32)30-40(44-42)34-19-23-36(24-20-34)47-27-11-4-12-28-47/h1-2,5-8,13-24,29-30,43H,3-4,9-12,25-28H2/b45-42-. The van der Waals surface area contributed by atoms with E-state index in [0.29, 0.717) is 0 Å². The number of aromatic nitrogens is 1. The number of rotatable bonds is 7. The molecule has 0 atom stereocenters. The lowest BCUT2D eigenvalue weighted by Crippen LogP contribution is -2.29. The first kappa shape index (κ1) is 29.3. The Bertz CT molecular complexity index is 1900. The highest BCUT2D eigenvalue weighted by molar-refractivity contribution is 6.38. The minimum Gasteiger partial charge on any atom is -0.372 e. The van der Waals surface area contributed by atoms with Gasteiger partial charge in [-0.05, 0) is 91.6 Å². The maximum atomic E-state index is 5.28. The summed E-state index contributed by atoms with van der Waals surface area (Å²) in [5.74, 6) is 1.53. The third-order valence-electron chi connectivity index (χ3n) is 9.72. The van der Waals surface area contributed by atoms with E-state index in [1.54, 1.807) is 0 Å². The van der Waals surface area contributed by atoms with Crippen LogP contribution in [0.15, 0.2) is 131 Å². The molecule has 5 heteroatoms. The van der Waals surface area contributed by atoms with E-state index in [1.807, 2.05) is 0 Å². The van der Waals surface area contributed by atoms with Gasteiger partial charge in [0.2, 0.25) is 0 Å². The zero-order chi connectivity index (χ0) is 31.4. The molecule has 0 bridgehead atoms. The van der Waals surface area contributed by atoms with Crippen LogP contribution in [0, 0.1) is 0 Å². The molecule has 2 saturated heterocycles. The Balaban J connectivity index is 1.17. The van der Waals surface area contributed by atoms with Crippen LogP contribution in [0.25, 0.3) is 28.0 Å². The van der Waals surface area contributed by atoms with Gasteiger partial charge in [-0.25, -0.2) is 9.98 Å². The lowest BCUT2D eigenvalue weighted by molar-refractivity contribution is 0.578. The molecule has 47 heavy (non-hydrogen) atoms. The molecule has 3 aliphatic rings. The van der Waals surface area contributed by atoms with Gasteiger partial charge in [0.15, 0.2) is 5.84 Å². The number of nitrogens with zero attached hydrogens (tertiary/aromatic N) is 4. The van der Waals surface area contributed by atoms with Crippen molar-refractivity contribution < 1.29 is 0 Å². The Morgan fingerprint density at radius 2 is 1.06 bits per heavy atom. The van der Waals surface area contributed by atoms with E-state index in [-0.39, 0.29) is 0 Å². The topological polar surface area (TPSA) is 47.0 Å². The molecule has 0 radical (unpaired) electrons. The number of amidine groups is 1. The number of aliphatic imine (C=N–C) groups is 2. The van der Waals surface area contributed by atoms with Crippen molar-refractivity contribution in [2.24, 2.45) is 9.98 Å². The quantitative estimate of drug-likeness (QED) is 0.198. The summed E-state index contributed by atoms with van der Waals surface area (Å²) in [5.41, 5.74) is 11.2. The monoisotopic (exact) mass is 615 g/mol. The molecule has 5 nitrogen and oxygen atoms in total. The van der Waals surface area contributed by atoms with Crippen molar-refractivity contribution in [3.63, 3.8) is 0 Å². The highest BCUT2D eigenvalue weighted by atomic mass is 15.1. The van der Waals surface area contributed by atoms with Crippen LogP contribution in [0.3, 0.4) is 0 Å². The molecule has 0 amide bonds. The second kappa shape index (κ2) is 13.3. The van der Waals surface area contributed by atoms with Crippen LogP contribution in [-0.4, -0.2) is 42.7 Å². The SMILES string of the molecule is C1=C(c2ccccc2)/C(=N/c2[nH]c(-c3ccc(N4CCCCC4)cc3)cc2-c2ccccc2)N=C1c1ccc(N2CCCCC2)cc1. The largest absolute Gasteiger partial charge is 0.372 e. The van der Waals surface area contributed by atoms with E-state index in [9.17, 15) is 0 Å². The first-order valence-electron chi connectivity index (χ1n) is 17.2. The fourth-order valence-electron chi connectivity index (χ4n) is 7.10. The van der Waals surface area contributed by atoms with Gasteiger partial charge >= 0.3 is 0 Å². The Kier molecular flexibility index (Phi) is 8.27. The van der Waals surface area contributed by atoms with Gasteiger partial charge in [0, 0.05) is 59.9 Å². The summed E-state index contributed by atoms with van der Waals surface area (Å²) in [6.07, 6.45) is 9.95. The van der Waals surface area contributed by atoms with E-state index in [4.69, 9.17) is 9.98 Å². The van der Waals surface area contributed by atoms with Crippen molar-refractivity contribution in [1.29, 1.82) is 0 Å². The number of hydrogen-bond acceptors (Lipinski definition) is 3. The highest BCUT2D eigenvalue weighted by Crippen LogP contribution is 2.37. The smallest absolute Gasteiger partial charge is 0.162 e. The summed E-state index contributed by atoms with van der Waals surface area (Å²) in [7, 11) is 0. The average molecular weight is 616 g/mol. The first-order chi connectivity index (χ1) is 23.3. The summed E-state index contributed by atoms with van der Waals surface area (Å²) >= 11 is 0. The van der Waals surface area contributed by atoms with Crippen molar-refractivity contribution in [3.8, 4) is 22.4 Å². The summed E-state index contributed by atoms with van der Waals surface area (Å²) in [6.45, 7) is 4.56. The number of benzene rings is 4. The van der Waals surface area contributed by atoms with Crippen LogP contribution < -0.4 is 9.80 Å². The van der Waals surface area contributed by atoms with Crippen molar-refractivity contribution in [3.05, 3.63) is 132 Å². The van der Waals surface area contributed by atoms with Crippen LogP contribution in [0.2, 0.25) is 0 Å². The highest BCUT2D eigenvalue weighted by Gasteiger charge is 2.22. The lowest BCUT2D eigenvalue weighted by atomic mass is 10.0. The molecular weight excluding hydrogens is 574 g/mol. The van der Waals surface area contributed by atoms with Crippen LogP contribution in [-0.2, 0) is 0 Å². The number of anilines is 2. The fraction of sp³-hybridized carbons (Fsp3) is 0.238. The molecule has 0 spiro atoms. The second-order valence-electron chi connectivity index (χ2n) is 12.9. The van der Waals surface area contributed by atoms with Gasteiger partial charge < -0.3 is 14.8 Å². The summed E-state index contributed by atoms with van der Waals surface area (Å²) in [5, 5.41) is 0. The molecule has 1 aromatic heterocycles. The maximum absolute atomic E-state index is 5.28. The van der Waals surface area contributed by atoms with Crippen LogP contribution >= 0.6 is 0 Å². The second-order valence-corrected chi connectivity index (χ2v) is 12.9. The molecular formula is C42H41N5. The Morgan fingerprint density at radius 3 is 1.64 bits per heavy atom.